The van der Waals surface area contributed by atoms with Crippen molar-refractivity contribution in [3.8, 4) is 11.1 Å². The summed E-state index contributed by atoms with van der Waals surface area (Å²) < 4.78 is 0. The summed E-state index contributed by atoms with van der Waals surface area (Å²) in [5, 5.41) is 3.24. The predicted octanol–water partition coefficient (Wildman–Crippen LogP) is 5.26. The maximum Gasteiger partial charge on any atom is 0.130 e. The van der Waals surface area contributed by atoms with Crippen LogP contribution in [0.5, 0.6) is 0 Å². The smallest absolute Gasteiger partial charge is 0.130 e. The molecule has 4 nitrogen and oxygen atoms in total. The lowest BCUT2D eigenvalue weighted by molar-refractivity contribution is -0.109. The van der Waals surface area contributed by atoms with Gasteiger partial charge in [-0.05, 0) is 61.2 Å². The van der Waals surface area contributed by atoms with E-state index in [0.29, 0.717) is 0 Å². The lowest BCUT2D eigenvalue weighted by Crippen LogP contribution is -2.18. The Morgan fingerprint density at radius 1 is 1.21 bits per heavy atom. The van der Waals surface area contributed by atoms with Gasteiger partial charge in [-0.3, -0.25) is 4.90 Å². The zero-order valence-corrected chi connectivity index (χ0v) is 17.5. The number of likely N-dealkylation sites (tertiary alicyclic amines) is 1. The zero-order chi connectivity index (χ0) is 20.6. The van der Waals surface area contributed by atoms with Crippen molar-refractivity contribution in [1.82, 2.24) is 9.88 Å². The fraction of sp³-hybridized carbons (Fsp3) is 0.360. The molecule has 1 aliphatic rings. The summed E-state index contributed by atoms with van der Waals surface area (Å²) in [4.78, 5) is 18.4. The van der Waals surface area contributed by atoms with Crippen molar-refractivity contribution in [2.45, 2.75) is 32.6 Å². The average Bonchev–Trinajstić information content (AvgIpc) is 3.22. The van der Waals surface area contributed by atoms with E-state index in [1.807, 2.05) is 36.5 Å². The number of pyridine rings is 1. The second kappa shape index (κ2) is 10.2. The van der Waals surface area contributed by atoms with E-state index in [0.717, 1.165) is 41.0 Å². The van der Waals surface area contributed by atoms with E-state index in [1.165, 1.54) is 25.9 Å². The summed E-state index contributed by atoms with van der Waals surface area (Å²) >= 11 is 0. The number of aldehydes is 1. The van der Waals surface area contributed by atoms with Crippen LogP contribution in [0, 0.1) is 5.92 Å². The number of allylic oxidation sites excluding steroid dienone is 1. The van der Waals surface area contributed by atoms with Crippen LogP contribution in [0.1, 0.15) is 38.2 Å². The molecule has 1 N–H and O–H groups in total. The van der Waals surface area contributed by atoms with Gasteiger partial charge >= 0.3 is 0 Å². The normalized spacial score (nSPS) is 15.7. The lowest BCUT2D eigenvalue weighted by atomic mass is 9.88. The summed E-state index contributed by atoms with van der Waals surface area (Å²) in [5.41, 5.74) is 3.97. The number of hydrogen-bond acceptors (Lipinski definition) is 4. The number of hydrogen-bond donors (Lipinski definition) is 1. The third-order valence-corrected chi connectivity index (χ3v) is 5.40. The number of nitrogens with one attached hydrogen (secondary N) is 1. The van der Waals surface area contributed by atoms with Crippen LogP contribution in [0.25, 0.3) is 11.1 Å². The molecule has 1 aromatic carbocycles. The van der Waals surface area contributed by atoms with Gasteiger partial charge in [-0.1, -0.05) is 50.8 Å². The van der Waals surface area contributed by atoms with Crippen molar-refractivity contribution in [2.24, 2.45) is 5.92 Å². The quantitative estimate of drug-likeness (QED) is 0.469. The van der Waals surface area contributed by atoms with Gasteiger partial charge in [0.1, 0.15) is 12.1 Å². The molecule has 3 rings (SSSR count). The van der Waals surface area contributed by atoms with Crippen LogP contribution in [-0.4, -0.2) is 35.8 Å². The summed E-state index contributed by atoms with van der Waals surface area (Å²) in [7, 11) is 0. The Bertz CT molecular complexity index is 849. The summed E-state index contributed by atoms with van der Waals surface area (Å²) in [6.45, 7) is 11.6. The molecule has 4 heteroatoms. The molecular weight excluding hydrogens is 358 g/mol. The Kier molecular flexibility index (Phi) is 7.36. The van der Waals surface area contributed by atoms with Crippen LogP contribution in [0.4, 0.5) is 5.82 Å². The number of nitrogens with zero attached hydrogens (tertiary/aromatic N) is 2. The largest absolute Gasteiger partial charge is 0.341 e. The average molecular weight is 390 g/mol. The molecule has 2 heterocycles. The molecule has 2 aromatic rings. The number of benzene rings is 1. The van der Waals surface area contributed by atoms with Crippen molar-refractivity contribution in [3.05, 3.63) is 72.6 Å². The van der Waals surface area contributed by atoms with Crippen molar-refractivity contribution >= 4 is 12.1 Å². The summed E-state index contributed by atoms with van der Waals surface area (Å²) in [5.74, 6) is 0.963. The molecule has 1 saturated heterocycles. The third kappa shape index (κ3) is 5.88. The van der Waals surface area contributed by atoms with Gasteiger partial charge in [0, 0.05) is 29.9 Å². The van der Waals surface area contributed by atoms with Crippen LogP contribution >= 0.6 is 0 Å². The van der Waals surface area contributed by atoms with E-state index >= 15 is 0 Å². The van der Waals surface area contributed by atoms with Crippen LogP contribution in [0.2, 0.25) is 0 Å². The molecule has 1 aliphatic heterocycles. The highest BCUT2D eigenvalue weighted by atomic mass is 16.1. The zero-order valence-electron chi connectivity index (χ0n) is 17.5. The van der Waals surface area contributed by atoms with Crippen LogP contribution in [0.3, 0.4) is 0 Å². The molecule has 0 spiro atoms. The molecule has 29 heavy (non-hydrogen) atoms. The van der Waals surface area contributed by atoms with Gasteiger partial charge in [-0.2, -0.15) is 0 Å². The van der Waals surface area contributed by atoms with Crippen molar-refractivity contribution in [3.63, 3.8) is 0 Å². The van der Waals surface area contributed by atoms with Crippen LogP contribution in [0.15, 0.2) is 67.0 Å². The highest BCUT2D eigenvalue weighted by molar-refractivity contribution is 5.68. The number of aromatic nitrogens is 1. The molecule has 1 atom stereocenters. The Hall–Kier alpha value is -2.72. The van der Waals surface area contributed by atoms with Gasteiger partial charge in [0.25, 0.3) is 0 Å². The predicted molar refractivity (Wildman–Crippen MR) is 121 cm³/mol. The second-order valence-electron chi connectivity index (χ2n) is 8.02. The molecule has 1 fully saturated rings. The van der Waals surface area contributed by atoms with E-state index in [-0.39, 0.29) is 11.8 Å². The number of carbonyl (C=O) groups excluding carboxylic acids is 1. The van der Waals surface area contributed by atoms with Gasteiger partial charge in [0.2, 0.25) is 0 Å². The van der Waals surface area contributed by atoms with Crippen LogP contribution in [-0.2, 0) is 4.79 Å². The minimum Gasteiger partial charge on any atom is -0.341 e. The van der Waals surface area contributed by atoms with Gasteiger partial charge in [0.05, 0.1) is 0 Å². The molecule has 0 bridgehead atoms. The van der Waals surface area contributed by atoms with Gasteiger partial charge in [-0.25, -0.2) is 4.98 Å². The fourth-order valence-electron chi connectivity index (χ4n) is 3.70. The van der Waals surface area contributed by atoms with E-state index < -0.39 is 0 Å². The minimum absolute atomic E-state index is 0.0838. The molecule has 152 valence electrons. The number of carbonyl (C=O) groups is 1. The molecular formula is C25H31N3O. The fourth-order valence-corrected chi connectivity index (χ4v) is 3.70. The van der Waals surface area contributed by atoms with E-state index in [1.54, 1.807) is 0 Å². The van der Waals surface area contributed by atoms with Crippen LogP contribution < -0.4 is 5.32 Å². The SMILES string of the molecule is C=C(/C=C/CN1CCCC1)Nc1ccc(-c2cccc(C(C=O)C(C)C)c2)cn1. The molecule has 0 amide bonds. The van der Waals surface area contributed by atoms with E-state index in [2.05, 4.69) is 53.8 Å². The first-order chi connectivity index (χ1) is 14.1. The second-order valence-corrected chi connectivity index (χ2v) is 8.02. The Labute approximate surface area is 174 Å². The number of anilines is 1. The molecule has 1 unspecified atom stereocenters. The lowest BCUT2D eigenvalue weighted by Gasteiger charge is -2.15. The molecule has 0 saturated carbocycles. The molecule has 0 radical (unpaired) electrons. The first-order valence-corrected chi connectivity index (χ1v) is 10.4. The highest BCUT2D eigenvalue weighted by Gasteiger charge is 2.15. The Morgan fingerprint density at radius 3 is 2.66 bits per heavy atom. The maximum atomic E-state index is 11.5. The number of rotatable bonds is 9. The van der Waals surface area contributed by atoms with Crippen molar-refractivity contribution < 1.29 is 4.79 Å². The summed E-state index contributed by atoms with van der Waals surface area (Å²) in [6.07, 6.45) is 9.67. The summed E-state index contributed by atoms with van der Waals surface area (Å²) in [6, 6.07) is 12.2. The topological polar surface area (TPSA) is 45.2 Å². The van der Waals surface area contributed by atoms with Crippen molar-refractivity contribution in [1.29, 1.82) is 0 Å². The highest BCUT2D eigenvalue weighted by Crippen LogP contribution is 2.27. The minimum atomic E-state index is -0.0838. The van der Waals surface area contributed by atoms with Gasteiger partial charge < -0.3 is 10.1 Å². The van der Waals surface area contributed by atoms with E-state index in [9.17, 15) is 4.79 Å². The standard InChI is InChI=1S/C25H31N3O/c1-19(2)24(18-29)22-10-6-9-21(16-22)23-11-12-25(26-17-23)27-20(3)8-7-15-28-13-4-5-14-28/h6-12,16-19,24H,3-5,13-15H2,1-2H3,(H,26,27)/b8-7+. The van der Waals surface area contributed by atoms with Gasteiger partial charge in [0.15, 0.2) is 0 Å². The van der Waals surface area contributed by atoms with Crippen molar-refractivity contribution in [2.75, 3.05) is 25.0 Å². The molecule has 0 aliphatic carbocycles. The Balaban J connectivity index is 1.62. The first kappa shape index (κ1) is 21.0. The monoisotopic (exact) mass is 389 g/mol. The van der Waals surface area contributed by atoms with Gasteiger partial charge in [-0.15, -0.1) is 0 Å². The maximum absolute atomic E-state index is 11.5. The first-order valence-electron chi connectivity index (χ1n) is 10.4. The third-order valence-electron chi connectivity index (χ3n) is 5.40. The Morgan fingerprint density at radius 2 is 2.00 bits per heavy atom. The molecule has 1 aromatic heterocycles. The van der Waals surface area contributed by atoms with E-state index in [4.69, 9.17) is 0 Å².